The smallest absolute Gasteiger partial charge is 0.236 e. The van der Waals surface area contributed by atoms with Crippen molar-refractivity contribution in [3.05, 3.63) is 35.6 Å². The van der Waals surface area contributed by atoms with Crippen molar-refractivity contribution >= 4 is 5.91 Å². The lowest BCUT2D eigenvalue weighted by atomic mass is 10.2. The first kappa shape index (κ1) is 15.4. The Morgan fingerprint density at radius 2 is 1.68 bits per heavy atom. The maximum absolute atomic E-state index is 13.2. The van der Waals surface area contributed by atoms with Gasteiger partial charge in [0.1, 0.15) is 5.82 Å². The minimum atomic E-state index is -0.174. The molecule has 5 heteroatoms. The van der Waals surface area contributed by atoms with Crippen LogP contribution in [0.2, 0.25) is 0 Å². The lowest BCUT2D eigenvalue weighted by Crippen LogP contribution is -2.49. The van der Waals surface area contributed by atoms with Crippen LogP contribution in [0.3, 0.4) is 0 Å². The Morgan fingerprint density at radius 3 is 2.36 bits per heavy atom. The molecule has 0 spiro atoms. The Hall–Kier alpha value is -1.46. The van der Waals surface area contributed by atoms with Crippen LogP contribution in [-0.4, -0.2) is 66.4 Å². The van der Waals surface area contributed by atoms with Crippen molar-refractivity contribution in [1.82, 2.24) is 14.7 Å². The molecule has 4 nitrogen and oxygen atoms in total. The molecule has 0 N–H and O–H groups in total. The lowest BCUT2D eigenvalue weighted by Gasteiger charge is -2.35. The number of rotatable bonds is 4. The van der Waals surface area contributed by atoms with Gasteiger partial charge in [0.25, 0.3) is 0 Å². The molecule has 2 fully saturated rings. The van der Waals surface area contributed by atoms with Crippen LogP contribution in [0.15, 0.2) is 24.3 Å². The predicted molar refractivity (Wildman–Crippen MR) is 83.9 cm³/mol. The molecule has 0 bridgehead atoms. The summed E-state index contributed by atoms with van der Waals surface area (Å²) in [7, 11) is 0. The third-order valence-corrected chi connectivity index (χ3v) is 4.58. The first-order valence-corrected chi connectivity index (χ1v) is 8.18. The van der Waals surface area contributed by atoms with Crippen molar-refractivity contribution in [2.45, 2.75) is 19.4 Å². The van der Waals surface area contributed by atoms with Crippen LogP contribution in [0.5, 0.6) is 0 Å². The van der Waals surface area contributed by atoms with Gasteiger partial charge in [-0.3, -0.25) is 14.6 Å². The molecular formula is C17H24FN3O. The van der Waals surface area contributed by atoms with Crippen LogP contribution in [0.4, 0.5) is 4.39 Å². The number of amides is 1. The normalized spacial score (nSPS) is 20.5. The van der Waals surface area contributed by atoms with Gasteiger partial charge in [-0.05, 0) is 30.5 Å². The summed E-state index contributed by atoms with van der Waals surface area (Å²) >= 11 is 0. The standard InChI is InChI=1S/C17H24FN3O/c18-16-5-3-4-15(12-16)13-19-8-10-20(11-9-19)14-17(22)21-6-1-2-7-21/h3-5,12H,1-2,6-11,13-14H2. The van der Waals surface area contributed by atoms with Gasteiger partial charge in [0.2, 0.25) is 5.91 Å². The van der Waals surface area contributed by atoms with E-state index >= 15 is 0 Å². The van der Waals surface area contributed by atoms with Crippen LogP contribution < -0.4 is 0 Å². The number of benzene rings is 1. The fraction of sp³-hybridized carbons (Fsp3) is 0.588. The van der Waals surface area contributed by atoms with Crippen molar-refractivity contribution in [3.8, 4) is 0 Å². The Labute approximate surface area is 131 Å². The van der Waals surface area contributed by atoms with E-state index in [0.717, 1.165) is 64.2 Å². The van der Waals surface area contributed by atoms with Crippen molar-refractivity contribution < 1.29 is 9.18 Å². The number of hydrogen-bond donors (Lipinski definition) is 0. The summed E-state index contributed by atoms with van der Waals surface area (Å²) in [5.74, 6) is 0.100. The molecule has 0 radical (unpaired) electrons. The van der Waals surface area contributed by atoms with Gasteiger partial charge in [-0.1, -0.05) is 12.1 Å². The van der Waals surface area contributed by atoms with E-state index in [9.17, 15) is 9.18 Å². The van der Waals surface area contributed by atoms with E-state index in [2.05, 4.69) is 9.80 Å². The maximum atomic E-state index is 13.2. The molecule has 1 aromatic rings. The van der Waals surface area contributed by atoms with Gasteiger partial charge in [-0.2, -0.15) is 0 Å². The Kier molecular flexibility index (Phi) is 5.05. The monoisotopic (exact) mass is 305 g/mol. The minimum Gasteiger partial charge on any atom is -0.342 e. The number of piperazine rings is 1. The van der Waals surface area contributed by atoms with Gasteiger partial charge in [0.05, 0.1) is 6.54 Å². The topological polar surface area (TPSA) is 26.8 Å². The summed E-state index contributed by atoms with van der Waals surface area (Å²) in [4.78, 5) is 18.7. The average molecular weight is 305 g/mol. The molecule has 0 aromatic heterocycles. The highest BCUT2D eigenvalue weighted by Crippen LogP contribution is 2.12. The maximum Gasteiger partial charge on any atom is 0.236 e. The molecule has 0 saturated carbocycles. The zero-order valence-corrected chi connectivity index (χ0v) is 13.0. The van der Waals surface area contributed by atoms with Gasteiger partial charge in [-0.15, -0.1) is 0 Å². The molecule has 2 saturated heterocycles. The molecule has 0 atom stereocenters. The Bertz CT molecular complexity index is 508. The van der Waals surface area contributed by atoms with E-state index in [4.69, 9.17) is 0 Å². The molecule has 2 aliphatic rings. The van der Waals surface area contributed by atoms with Crippen molar-refractivity contribution in [1.29, 1.82) is 0 Å². The van der Waals surface area contributed by atoms with Crippen molar-refractivity contribution in [3.63, 3.8) is 0 Å². The Balaban J connectivity index is 1.43. The average Bonchev–Trinajstić information content (AvgIpc) is 3.04. The second-order valence-corrected chi connectivity index (χ2v) is 6.27. The molecular weight excluding hydrogens is 281 g/mol. The highest BCUT2D eigenvalue weighted by Gasteiger charge is 2.23. The van der Waals surface area contributed by atoms with Crippen molar-refractivity contribution in [2.24, 2.45) is 0 Å². The molecule has 0 unspecified atom stereocenters. The minimum absolute atomic E-state index is 0.174. The lowest BCUT2D eigenvalue weighted by molar-refractivity contribution is -0.131. The van der Waals surface area contributed by atoms with Crippen LogP contribution >= 0.6 is 0 Å². The summed E-state index contributed by atoms with van der Waals surface area (Å²) in [6.07, 6.45) is 2.29. The van der Waals surface area contributed by atoms with Crippen LogP contribution in [0, 0.1) is 5.82 Å². The zero-order valence-electron chi connectivity index (χ0n) is 13.0. The molecule has 1 amide bonds. The third-order valence-electron chi connectivity index (χ3n) is 4.58. The van der Waals surface area contributed by atoms with Crippen molar-refractivity contribution in [2.75, 3.05) is 45.8 Å². The number of halogens is 1. The fourth-order valence-electron chi connectivity index (χ4n) is 3.26. The van der Waals surface area contributed by atoms with E-state index in [1.165, 1.54) is 6.07 Å². The van der Waals surface area contributed by atoms with Crippen LogP contribution in [0.1, 0.15) is 18.4 Å². The van der Waals surface area contributed by atoms with Gasteiger partial charge in [-0.25, -0.2) is 4.39 Å². The fourth-order valence-corrected chi connectivity index (χ4v) is 3.26. The van der Waals surface area contributed by atoms with E-state index in [1.807, 2.05) is 11.0 Å². The molecule has 120 valence electrons. The van der Waals surface area contributed by atoms with Gasteiger partial charge < -0.3 is 4.90 Å². The summed E-state index contributed by atoms with van der Waals surface area (Å²) < 4.78 is 13.2. The second-order valence-electron chi connectivity index (χ2n) is 6.27. The number of likely N-dealkylation sites (tertiary alicyclic amines) is 1. The summed E-state index contributed by atoms with van der Waals surface area (Å²) in [6.45, 7) is 6.88. The number of carbonyl (C=O) groups excluding carboxylic acids is 1. The molecule has 2 aliphatic heterocycles. The van der Waals surface area contributed by atoms with E-state index in [-0.39, 0.29) is 11.7 Å². The molecule has 3 rings (SSSR count). The van der Waals surface area contributed by atoms with E-state index in [0.29, 0.717) is 6.54 Å². The van der Waals surface area contributed by atoms with E-state index < -0.39 is 0 Å². The number of nitrogens with zero attached hydrogens (tertiary/aromatic N) is 3. The largest absolute Gasteiger partial charge is 0.342 e. The van der Waals surface area contributed by atoms with Gasteiger partial charge >= 0.3 is 0 Å². The summed E-state index contributed by atoms with van der Waals surface area (Å²) in [6, 6.07) is 6.80. The highest BCUT2D eigenvalue weighted by molar-refractivity contribution is 5.78. The predicted octanol–water partition coefficient (Wildman–Crippen LogP) is 1.57. The number of hydrogen-bond acceptors (Lipinski definition) is 3. The third kappa shape index (κ3) is 4.05. The summed E-state index contributed by atoms with van der Waals surface area (Å²) in [5, 5.41) is 0. The second kappa shape index (κ2) is 7.20. The highest BCUT2D eigenvalue weighted by atomic mass is 19.1. The molecule has 22 heavy (non-hydrogen) atoms. The quantitative estimate of drug-likeness (QED) is 0.845. The van der Waals surface area contributed by atoms with Gasteiger partial charge in [0.15, 0.2) is 0 Å². The van der Waals surface area contributed by atoms with Gasteiger partial charge in [0, 0.05) is 45.8 Å². The molecule has 1 aromatic carbocycles. The summed E-state index contributed by atoms with van der Waals surface area (Å²) in [5.41, 5.74) is 1.02. The zero-order chi connectivity index (χ0) is 15.4. The first-order valence-electron chi connectivity index (χ1n) is 8.18. The Morgan fingerprint density at radius 1 is 1.00 bits per heavy atom. The first-order chi connectivity index (χ1) is 10.7. The van der Waals surface area contributed by atoms with E-state index in [1.54, 1.807) is 12.1 Å². The van der Waals surface area contributed by atoms with Crippen LogP contribution in [0.25, 0.3) is 0 Å². The number of carbonyl (C=O) groups is 1. The SMILES string of the molecule is O=C(CN1CCN(Cc2cccc(F)c2)CC1)N1CCCC1. The van der Waals surface area contributed by atoms with Crippen LogP contribution in [-0.2, 0) is 11.3 Å². The molecule has 0 aliphatic carbocycles. The molecule has 2 heterocycles.